The van der Waals surface area contributed by atoms with Gasteiger partial charge in [0.1, 0.15) is 0 Å². The maximum Gasteiger partial charge on any atom is -0.0323 e. The van der Waals surface area contributed by atoms with Gasteiger partial charge in [0.2, 0.25) is 0 Å². The molecule has 0 fully saturated rings. The molecule has 0 spiro atoms. The molecule has 3 atom stereocenters. The van der Waals surface area contributed by atoms with Crippen LogP contribution < -0.4 is 0 Å². The minimum atomic E-state index is 0.423. The predicted octanol–water partition coefficient (Wildman–Crippen LogP) is 5.77. The summed E-state index contributed by atoms with van der Waals surface area (Å²) in [5.74, 6) is 2.40. The number of hydrogen-bond donors (Lipinski definition) is 0. The molecular weight excluding hydrogens is 192 g/mol. The van der Waals surface area contributed by atoms with Crippen LogP contribution in [0.1, 0.15) is 75.2 Å². The highest BCUT2D eigenvalue weighted by Crippen LogP contribution is 2.44. The van der Waals surface area contributed by atoms with E-state index in [0.717, 1.165) is 17.8 Å². The summed E-state index contributed by atoms with van der Waals surface area (Å²) < 4.78 is 0. The molecular formula is C16H34. The summed E-state index contributed by atoms with van der Waals surface area (Å²) in [4.78, 5) is 0. The van der Waals surface area contributed by atoms with Gasteiger partial charge in [0.25, 0.3) is 0 Å². The molecule has 0 aromatic carbocycles. The second kappa shape index (κ2) is 5.56. The van der Waals surface area contributed by atoms with E-state index in [1.54, 1.807) is 0 Å². The molecule has 0 amide bonds. The second-order valence-electron chi connectivity index (χ2n) is 7.65. The summed E-state index contributed by atoms with van der Waals surface area (Å²) in [5.41, 5.74) is 0.883. The Morgan fingerprint density at radius 1 is 0.812 bits per heavy atom. The Morgan fingerprint density at radius 2 is 1.25 bits per heavy atom. The SMILES string of the molecule is CCC(C)CC(C)(C)C(C)C(C)C(C)(C)C. The van der Waals surface area contributed by atoms with Gasteiger partial charge in [0.05, 0.1) is 0 Å². The lowest BCUT2D eigenvalue weighted by atomic mass is 9.63. The third-order valence-corrected chi connectivity index (χ3v) is 4.92. The molecule has 3 unspecified atom stereocenters. The third kappa shape index (κ3) is 4.47. The van der Waals surface area contributed by atoms with Crippen molar-refractivity contribution in [2.75, 3.05) is 0 Å². The molecule has 0 aliphatic carbocycles. The average Bonchev–Trinajstić information content (AvgIpc) is 2.13. The smallest absolute Gasteiger partial charge is 0.0323 e. The van der Waals surface area contributed by atoms with Crippen molar-refractivity contribution < 1.29 is 0 Å². The van der Waals surface area contributed by atoms with Crippen molar-refractivity contribution in [3.05, 3.63) is 0 Å². The van der Waals surface area contributed by atoms with Gasteiger partial charge in [0.15, 0.2) is 0 Å². The van der Waals surface area contributed by atoms with Gasteiger partial charge in [-0.05, 0) is 35.0 Å². The molecule has 0 heterocycles. The zero-order valence-electron chi connectivity index (χ0n) is 13.1. The van der Waals surface area contributed by atoms with Gasteiger partial charge in [-0.15, -0.1) is 0 Å². The zero-order valence-corrected chi connectivity index (χ0v) is 13.1. The molecule has 0 aliphatic rings. The Labute approximate surface area is 104 Å². The summed E-state index contributed by atoms with van der Waals surface area (Å²) >= 11 is 0. The largest absolute Gasteiger partial charge is 0.0651 e. The molecule has 0 aromatic rings. The van der Waals surface area contributed by atoms with Crippen LogP contribution in [0.3, 0.4) is 0 Å². The maximum absolute atomic E-state index is 2.45. The molecule has 98 valence electrons. The minimum absolute atomic E-state index is 0.423. The van der Waals surface area contributed by atoms with Crippen LogP contribution in [0.2, 0.25) is 0 Å². The van der Waals surface area contributed by atoms with E-state index in [1.165, 1.54) is 12.8 Å². The molecule has 0 radical (unpaired) electrons. The topological polar surface area (TPSA) is 0 Å². The first-order valence-electron chi connectivity index (χ1n) is 7.02. The van der Waals surface area contributed by atoms with Crippen LogP contribution >= 0.6 is 0 Å². The van der Waals surface area contributed by atoms with E-state index in [2.05, 4.69) is 62.3 Å². The van der Waals surface area contributed by atoms with Crippen molar-refractivity contribution in [1.82, 2.24) is 0 Å². The summed E-state index contributed by atoms with van der Waals surface area (Å²) in [6.07, 6.45) is 2.66. The first kappa shape index (κ1) is 16.0. The molecule has 0 aromatic heterocycles. The van der Waals surface area contributed by atoms with Crippen molar-refractivity contribution in [2.45, 2.75) is 75.2 Å². The van der Waals surface area contributed by atoms with E-state index < -0.39 is 0 Å². The molecule has 0 nitrogen and oxygen atoms in total. The number of rotatable bonds is 5. The minimum Gasteiger partial charge on any atom is -0.0651 e. The first-order valence-corrected chi connectivity index (χ1v) is 7.02. The van der Waals surface area contributed by atoms with Crippen LogP contribution in [-0.2, 0) is 0 Å². The number of hydrogen-bond acceptors (Lipinski definition) is 0. The van der Waals surface area contributed by atoms with E-state index in [4.69, 9.17) is 0 Å². The maximum atomic E-state index is 2.45. The van der Waals surface area contributed by atoms with Crippen LogP contribution in [-0.4, -0.2) is 0 Å². The van der Waals surface area contributed by atoms with E-state index in [-0.39, 0.29) is 0 Å². The fraction of sp³-hybridized carbons (Fsp3) is 1.00. The van der Waals surface area contributed by atoms with E-state index in [0.29, 0.717) is 10.8 Å². The first-order chi connectivity index (χ1) is 7.02. The predicted molar refractivity (Wildman–Crippen MR) is 75.6 cm³/mol. The zero-order chi connectivity index (χ0) is 13.1. The average molecular weight is 226 g/mol. The highest BCUT2D eigenvalue weighted by atomic mass is 14.4. The summed E-state index contributed by atoms with van der Waals surface area (Å²) in [7, 11) is 0. The van der Waals surface area contributed by atoms with Crippen LogP contribution in [0.5, 0.6) is 0 Å². The fourth-order valence-electron chi connectivity index (χ4n) is 2.66. The van der Waals surface area contributed by atoms with E-state index in [1.807, 2.05) is 0 Å². The fourth-order valence-corrected chi connectivity index (χ4v) is 2.66. The summed E-state index contributed by atoms with van der Waals surface area (Å²) in [6, 6.07) is 0. The Balaban J connectivity index is 4.62. The third-order valence-electron chi connectivity index (χ3n) is 4.92. The normalized spacial score (nSPS) is 19.3. The van der Waals surface area contributed by atoms with Crippen LogP contribution in [0, 0.1) is 28.6 Å². The Morgan fingerprint density at radius 3 is 1.56 bits per heavy atom. The van der Waals surface area contributed by atoms with Crippen molar-refractivity contribution in [1.29, 1.82) is 0 Å². The van der Waals surface area contributed by atoms with Crippen molar-refractivity contribution in [3.63, 3.8) is 0 Å². The molecule has 0 saturated heterocycles. The molecule has 0 N–H and O–H groups in total. The van der Waals surface area contributed by atoms with E-state index in [9.17, 15) is 0 Å². The highest BCUT2D eigenvalue weighted by molar-refractivity contribution is 4.85. The van der Waals surface area contributed by atoms with Crippen LogP contribution in [0.25, 0.3) is 0 Å². The van der Waals surface area contributed by atoms with Crippen molar-refractivity contribution in [3.8, 4) is 0 Å². The standard InChI is InChI=1S/C16H34/c1-10-12(2)11-16(8,9)14(4)13(3)15(5,6)7/h12-14H,10-11H2,1-9H3. The second-order valence-corrected chi connectivity index (χ2v) is 7.65. The molecule has 0 saturated carbocycles. The lowest BCUT2D eigenvalue weighted by molar-refractivity contribution is 0.0680. The quantitative estimate of drug-likeness (QED) is 0.558. The molecule has 0 bridgehead atoms. The Kier molecular flexibility index (Phi) is 5.56. The van der Waals surface area contributed by atoms with Crippen LogP contribution in [0.4, 0.5) is 0 Å². The van der Waals surface area contributed by atoms with Crippen molar-refractivity contribution >= 4 is 0 Å². The molecule has 0 heteroatoms. The van der Waals surface area contributed by atoms with Crippen LogP contribution in [0.15, 0.2) is 0 Å². The Bertz CT molecular complexity index is 195. The van der Waals surface area contributed by atoms with Gasteiger partial charge >= 0.3 is 0 Å². The van der Waals surface area contributed by atoms with Gasteiger partial charge < -0.3 is 0 Å². The highest BCUT2D eigenvalue weighted by Gasteiger charge is 2.35. The van der Waals surface area contributed by atoms with Crippen molar-refractivity contribution in [2.24, 2.45) is 28.6 Å². The Hall–Kier alpha value is 0. The van der Waals surface area contributed by atoms with E-state index >= 15 is 0 Å². The lowest BCUT2D eigenvalue weighted by Crippen LogP contribution is -2.35. The van der Waals surface area contributed by atoms with Gasteiger partial charge in [-0.2, -0.15) is 0 Å². The molecule has 0 aliphatic heterocycles. The summed E-state index contributed by atoms with van der Waals surface area (Å²) in [5, 5.41) is 0. The van der Waals surface area contributed by atoms with Gasteiger partial charge in [-0.25, -0.2) is 0 Å². The molecule has 0 rings (SSSR count). The van der Waals surface area contributed by atoms with Gasteiger partial charge in [-0.3, -0.25) is 0 Å². The summed E-state index contributed by atoms with van der Waals surface area (Å²) in [6.45, 7) is 21.6. The monoisotopic (exact) mass is 226 g/mol. The lowest BCUT2D eigenvalue weighted by Gasteiger charge is -2.43. The van der Waals surface area contributed by atoms with Gasteiger partial charge in [0, 0.05) is 0 Å². The van der Waals surface area contributed by atoms with Gasteiger partial charge in [-0.1, -0.05) is 68.7 Å². The molecule has 16 heavy (non-hydrogen) atoms.